The van der Waals surface area contributed by atoms with Crippen LogP contribution in [-0.2, 0) is 0 Å². The molecule has 1 aromatic carbocycles. The first-order valence-corrected chi connectivity index (χ1v) is 6.38. The molecule has 0 unspecified atom stereocenters. The van der Waals surface area contributed by atoms with Crippen LogP contribution in [0.3, 0.4) is 0 Å². The van der Waals surface area contributed by atoms with Crippen molar-refractivity contribution in [2.75, 3.05) is 0 Å². The van der Waals surface area contributed by atoms with Crippen molar-refractivity contribution in [3.05, 3.63) is 52.4 Å². The summed E-state index contributed by atoms with van der Waals surface area (Å²) in [7, 11) is 0. The number of nitrogens with one attached hydrogen (secondary N) is 1. The predicted molar refractivity (Wildman–Crippen MR) is 71.5 cm³/mol. The van der Waals surface area contributed by atoms with Crippen LogP contribution in [0.2, 0.25) is 0 Å². The van der Waals surface area contributed by atoms with Gasteiger partial charge in [-0.3, -0.25) is 0 Å². The van der Waals surface area contributed by atoms with E-state index in [1.54, 1.807) is 12.3 Å². The molecule has 3 rings (SSSR count). The van der Waals surface area contributed by atoms with Crippen LogP contribution >= 0.6 is 15.9 Å². The highest BCUT2D eigenvalue weighted by Crippen LogP contribution is 2.32. The summed E-state index contributed by atoms with van der Waals surface area (Å²) in [5.41, 5.74) is 4.72. The minimum Gasteiger partial charge on any atom is -0.508 e. The van der Waals surface area contributed by atoms with E-state index >= 15 is 0 Å². The Kier molecular flexibility index (Phi) is 2.83. The van der Waals surface area contributed by atoms with Crippen molar-refractivity contribution in [3.8, 4) is 5.75 Å². The third kappa shape index (κ3) is 2.01. The molecule has 92 valence electrons. The molecule has 4 nitrogen and oxygen atoms in total. The molecule has 1 aliphatic heterocycles. The maximum atomic E-state index is 9.88. The number of nitrogens with zero attached hydrogens (tertiary/aromatic N) is 1. The summed E-state index contributed by atoms with van der Waals surface area (Å²) in [6, 6.07) is 9.06. The summed E-state index contributed by atoms with van der Waals surface area (Å²) in [6.45, 7) is 0. The summed E-state index contributed by atoms with van der Waals surface area (Å²) in [5.74, 6) is 1.03. The van der Waals surface area contributed by atoms with Crippen molar-refractivity contribution in [3.63, 3.8) is 0 Å². The lowest BCUT2D eigenvalue weighted by Gasteiger charge is -2.12. The number of hydrogen-bond donors (Lipinski definition) is 2. The minimum absolute atomic E-state index is 0.0254. The molecule has 1 aliphatic rings. The molecule has 1 aromatic heterocycles. The third-order valence-corrected chi connectivity index (χ3v) is 3.42. The number of phenolic OH excluding ortho intramolecular Hbond substituents is 1. The molecular formula is C13H11BrN2O2. The van der Waals surface area contributed by atoms with E-state index in [0.29, 0.717) is 6.42 Å². The van der Waals surface area contributed by atoms with Gasteiger partial charge in [-0.2, -0.15) is 5.10 Å². The van der Waals surface area contributed by atoms with E-state index < -0.39 is 0 Å². The summed E-state index contributed by atoms with van der Waals surface area (Å²) in [6.07, 6.45) is 2.32. The normalized spacial score (nSPS) is 18.5. The molecule has 2 heterocycles. The lowest BCUT2D eigenvalue weighted by atomic mass is 10.0. The fourth-order valence-electron chi connectivity index (χ4n) is 2.02. The second-order valence-electron chi connectivity index (χ2n) is 4.12. The van der Waals surface area contributed by atoms with Crippen LogP contribution < -0.4 is 5.43 Å². The molecule has 2 aromatic rings. The highest BCUT2D eigenvalue weighted by molar-refractivity contribution is 9.10. The Morgan fingerprint density at radius 1 is 1.39 bits per heavy atom. The summed E-state index contributed by atoms with van der Waals surface area (Å²) in [4.78, 5) is 0. The van der Waals surface area contributed by atoms with Gasteiger partial charge in [0, 0.05) is 16.5 Å². The zero-order valence-corrected chi connectivity index (χ0v) is 11.0. The molecule has 1 atom stereocenters. The molecule has 18 heavy (non-hydrogen) atoms. The Balaban J connectivity index is 1.84. The largest absolute Gasteiger partial charge is 0.508 e. The first kappa shape index (κ1) is 11.3. The fraction of sp³-hybridized carbons (Fsp3) is 0.154. The smallest absolute Gasteiger partial charge is 0.149 e. The van der Waals surface area contributed by atoms with Crippen LogP contribution in [0.5, 0.6) is 5.75 Å². The summed E-state index contributed by atoms with van der Waals surface area (Å²) >= 11 is 3.40. The van der Waals surface area contributed by atoms with Crippen LogP contribution in [0.15, 0.2) is 50.6 Å². The maximum absolute atomic E-state index is 9.88. The van der Waals surface area contributed by atoms with E-state index in [2.05, 4.69) is 26.5 Å². The van der Waals surface area contributed by atoms with E-state index in [0.717, 1.165) is 21.5 Å². The number of hydrogen-bond acceptors (Lipinski definition) is 4. The summed E-state index contributed by atoms with van der Waals surface area (Å²) in [5, 5.41) is 14.1. The monoisotopic (exact) mass is 306 g/mol. The number of phenols is 1. The molecule has 0 spiro atoms. The zero-order chi connectivity index (χ0) is 12.5. The van der Waals surface area contributed by atoms with Gasteiger partial charge in [-0.15, -0.1) is 0 Å². The highest BCUT2D eigenvalue weighted by atomic mass is 79.9. The van der Waals surface area contributed by atoms with Crippen molar-refractivity contribution in [1.82, 2.24) is 5.43 Å². The first-order valence-electron chi connectivity index (χ1n) is 5.58. The van der Waals surface area contributed by atoms with Crippen LogP contribution in [0, 0.1) is 0 Å². The van der Waals surface area contributed by atoms with Gasteiger partial charge in [0.2, 0.25) is 0 Å². The van der Waals surface area contributed by atoms with Crippen molar-refractivity contribution < 1.29 is 9.52 Å². The van der Waals surface area contributed by atoms with Gasteiger partial charge in [0.25, 0.3) is 0 Å². The number of halogens is 1. The predicted octanol–water partition coefficient (Wildman–Crippen LogP) is 3.19. The molecule has 0 amide bonds. The maximum Gasteiger partial charge on any atom is 0.149 e. The summed E-state index contributed by atoms with van der Waals surface area (Å²) < 4.78 is 6.25. The van der Waals surface area contributed by atoms with Crippen LogP contribution in [0.4, 0.5) is 0 Å². The van der Waals surface area contributed by atoms with Crippen molar-refractivity contribution >= 4 is 21.6 Å². The fourth-order valence-corrected chi connectivity index (χ4v) is 2.40. The van der Waals surface area contributed by atoms with E-state index in [1.165, 1.54) is 0 Å². The van der Waals surface area contributed by atoms with Crippen LogP contribution in [0.1, 0.15) is 23.8 Å². The SMILES string of the molecule is Oc1ccc(Br)cc1[C@@H]1CC(c2ccco2)=NN1. The number of aromatic hydroxyl groups is 1. The Morgan fingerprint density at radius 2 is 2.28 bits per heavy atom. The Labute approximate surface area is 112 Å². The van der Waals surface area contributed by atoms with Gasteiger partial charge in [-0.25, -0.2) is 0 Å². The van der Waals surface area contributed by atoms with E-state index in [9.17, 15) is 5.11 Å². The van der Waals surface area contributed by atoms with Crippen LogP contribution in [0.25, 0.3) is 0 Å². The zero-order valence-electron chi connectivity index (χ0n) is 9.43. The third-order valence-electron chi connectivity index (χ3n) is 2.92. The van der Waals surface area contributed by atoms with Gasteiger partial charge in [0.15, 0.2) is 0 Å². The molecule has 0 saturated heterocycles. The Hall–Kier alpha value is -1.75. The van der Waals surface area contributed by atoms with Crippen LogP contribution in [-0.4, -0.2) is 10.8 Å². The number of furan rings is 1. The van der Waals surface area contributed by atoms with Gasteiger partial charge < -0.3 is 14.9 Å². The van der Waals surface area contributed by atoms with E-state index in [4.69, 9.17) is 4.42 Å². The molecular weight excluding hydrogens is 296 g/mol. The molecule has 0 saturated carbocycles. The van der Waals surface area contributed by atoms with Gasteiger partial charge in [0.1, 0.15) is 17.2 Å². The molecule has 0 aliphatic carbocycles. The van der Waals surface area contributed by atoms with E-state index in [-0.39, 0.29) is 11.8 Å². The molecule has 0 radical (unpaired) electrons. The molecule has 2 N–H and O–H groups in total. The average molecular weight is 307 g/mol. The average Bonchev–Trinajstić information content (AvgIpc) is 3.00. The number of rotatable bonds is 2. The Morgan fingerprint density at radius 3 is 3.06 bits per heavy atom. The molecule has 0 bridgehead atoms. The Bertz CT molecular complexity index is 593. The lowest BCUT2D eigenvalue weighted by molar-refractivity contribution is 0.455. The highest BCUT2D eigenvalue weighted by Gasteiger charge is 2.24. The number of benzene rings is 1. The first-order chi connectivity index (χ1) is 8.74. The second-order valence-corrected chi connectivity index (χ2v) is 5.04. The van der Waals surface area contributed by atoms with Gasteiger partial charge in [-0.05, 0) is 30.3 Å². The molecule has 0 fully saturated rings. The minimum atomic E-state index is -0.0254. The lowest BCUT2D eigenvalue weighted by Crippen LogP contribution is -2.10. The van der Waals surface area contributed by atoms with Crippen molar-refractivity contribution in [2.24, 2.45) is 5.10 Å². The van der Waals surface area contributed by atoms with E-state index in [1.807, 2.05) is 24.3 Å². The standard InChI is InChI=1S/C13H11BrN2O2/c14-8-3-4-12(17)9(6-8)10-7-11(16-15-10)13-2-1-5-18-13/h1-6,10,15,17H,7H2/t10-/m0/s1. The topological polar surface area (TPSA) is 57.8 Å². The van der Waals surface area contributed by atoms with Crippen molar-refractivity contribution in [1.29, 1.82) is 0 Å². The van der Waals surface area contributed by atoms with Crippen molar-refractivity contribution in [2.45, 2.75) is 12.5 Å². The molecule has 5 heteroatoms. The van der Waals surface area contributed by atoms with Gasteiger partial charge >= 0.3 is 0 Å². The van der Waals surface area contributed by atoms with Gasteiger partial charge in [-0.1, -0.05) is 15.9 Å². The quantitative estimate of drug-likeness (QED) is 0.896. The second kappa shape index (κ2) is 4.49. The number of hydrazone groups is 1. The van der Waals surface area contributed by atoms with Gasteiger partial charge in [0.05, 0.1) is 12.3 Å².